The maximum Gasteiger partial charge on any atom is 0.173 e. The lowest BCUT2D eigenvalue weighted by Gasteiger charge is -2.11. The summed E-state index contributed by atoms with van der Waals surface area (Å²) < 4.78 is 0. The summed E-state index contributed by atoms with van der Waals surface area (Å²) in [6, 6.07) is 0. The second-order valence-electron chi connectivity index (χ2n) is 1.86. The van der Waals surface area contributed by atoms with Crippen LogP contribution < -0.4 is 0 Å². The molecule has 2 nitrogen and oxygen atoms in total. The minimum absolute atomic E-state index is 0.838. The van der Waals surface area contributed by atoms with Gasteiger partial charge >= 0.3 is 0 Å². The molecule has 0 bridgehead atoms. The Hall–Kier alpha value is -0.880. The SMILES string of the molecule is CC1=C=C(C)N(C)O1. The first-order valence-electron chi connectivity index (χ1n) is 2.56. The highest BCUT2D eigenvalue weighted by Crippen LogP contribution is 2.11. The topological polar surface area (TPSA) is 12.5 Å². The average Bonchev–Trinajstić information content (AvgIpc) is 1.85. The first-order chi connectivity index (χ1) is 3.70. The van der Waals surface area contributed by atoms with E-state index in [1.165, 1.54) is 0 Å². The van der Waals surface area contributed by atoms with Crippen LogP contribution in [0.25, 0.3) is 0 Å². The molecule has 1 rings (SSSR count). The molecule has 1 heterocycles. The molecule has 44 valence electrons. The Labute approximate surface area is 49.0 Å². The Morgan fingerprint density at radius 2 is 2.12 bits per heavy atom. The number of rotatable bonds is 0. The van der Waals surface area contributed by atoms with Crippen LogP contribution in [0.2, 0.25) is 0 Å². The zero-order valence-corrected chi connectivity index (χ0v) is 5.36. The molecule has 0 aromatic rings. The van der Waals surface area contributed by atoms with Crippen molar-refractivity contribution in [2.75, 3.05) is 7.05 Å². The fourth-order valence-corrected chi connectivity index (χ4v) is 0.630. The van der Waals surface area contributed by atoms with Crippen molar-refractivity contribution in [3.05, 3.63) is 17.2 Å². The first kappa shape index (κ1) is 5.26. The number of hydrogen-bond donors (Lipinski definition) is 0. The van der Waals surface area contributed by atoms with Gasteiger partial charge in [-0.3, -0.25) is 0 Å². The number of allylic oxidation sites excluding steroid dienone is 1. The van der Waals surface area contributed by atoms with E-state index in [0.29, 0.717) is 0 Å². The summed E-state index contributed by atoms with van der Waals surface area (Å²) in [5.74, 6) is 0.838. The highest BCUT2D eigenvalue weighted by atomic mass is 16.7. The van der Waals surface area contributed by atoms with Crippen molar-refractivity contribution in [2.45, 2.75) is 13.8 Å². The number of hydroxylamine groups is 2. The minimum atomic E-state index is 0.838. The maximum atomic E-state index is 5.08. The molecule has 0 aromatic heterocycles. The third-order valence-corrected chi connectivity index (χ3v) is 1.10. The zero-order chi connectivity index (χ0) is 6.15. The van der Waals surface area contributed by atoms with Gasteiger partial charge in [-0.1, -0.05) is 5.73 Å². The number of hydrogen-bond acceptors (Lipinski definition) is 2. The Morgan fingerprint density at radius 1 is 1.50 bits per heavy atom. The molecular formula is C6H9NO. The van der Waals surface area contributed by atoms with Crippen LogP contribution in [0.5, 0.6) is 0 Å². The Bertz CT molecular complexity index is 165. The van der Waals surface area contributed by atoms with Crippen molar-refractivity contribution in [3.63, 3.8) is 0 Å². The van der Waals surface area contributed by atoms with E-state index in [2.05, 4.69) is 5.73 Å². The fourth-order valence-electron chi connectivity index (χ4n) is 0.630. The monoisotopic (exact) mass is 111 g/mol. The van der Waals surface area contributed by atoms with Gasteiger partial charge in [0.05, 0.1) is 5.70 Å². The van der Waals surface area contributed by atoms with Crippen LogP contribution >= 0.6 is 0 Å². The standard InChI is InChI=1S/C6H9NO/c1-5-4-6(2)8-7(5)3/h1-3H3. The quantitative estimate of drug-likeness (QED) is 0.436. The highest BCUT2D eigenvalue weighted by molar-refractivity contribution is 5.02. The number of nitrogens with zero attached hydrogens (tertiary/aromatic N) is 1. The Morgan fingerprint density at radius 3 is 2.25 bits per heavy atom. The van der Waals surface area contributed by atoms with Gasteiger partial charge < -0.3 is 4.84 Å². The van der Waals surface area contributed by atoms with Gasteiger partial charge in [0.15, 0.2) is 5.76 Å². The van der Waals surface area contributed by atoms with Crippen LogP contribution in [-0.2, 0) is 4.84 Å². The summed E-state index contributed by atoms with van der Waals surface area (Å²) in [4.78, 5) is 5.08. The molecule has 0 saturated carbocycles. The van der Waals surface area contributed by atoms with E-state index in [4.69, 9.17) is 4.84 Å². The molecule has 0 unspecified atom stereocenters. The fraction of sp³-hybridized carbons (Fsp3) is 0.500. The molecule has 0 aliphatic carbocycles. The van der Waals surface area contributed by atoms with Gasteiger partial charge in [0.25, 0.3) is 0 Å². The van der Waals surface area contributed by atoms with Crippen molar-refractivity contribution in [1.82, 2.24) is 5.06 Å². The molecule has 8 heavy (non-hydrogen) atoms. The van der Waals surface area contributed by atoms with Crippen LogP contribution in [0.15, 0.2) is 17.2 Å². The summed E-state index contributed by atoms with van der Waals surface area (Å²) in [6.45, 7) is 3.84. The Balaban J connectivity index is 2.80. The molecule has 2 heteroatoms. The van der Waals surface area contributed by atoms with Crippen molar-refractivity contribution in [3.8, 4) is 0 Å². The maximum absolute atomic E-state index is 5.08. The van der Waals surface area contributed by atoms with E-state index in [1.807, 2.05) is 20.9 Å². The molecule has 0 amide bonds. The molecule has 0 spiro atoms. The van der Waals surface area contributed by atoms with Crippen LogP contribution in [-0.4, -0.2) is 12.1 Å². The molecule has 1 aliphatic rings. The van der Waals surface area contributed by atoms with Gasteiger partial charge in [-0.2, -0.15) is 0 Å². The second-order valence-corrected chi connectivity index (χ2v) is 1.86. The van der Waals surface area contributed by atoms with Gasteiger partial charge in [-0.15, -0.1) is 0 Å². The van der Waals surface area contributed by atoms with E-state index >= 15 is 0 Å². The zero-order valence-electron chi connectivity index (χ0n) is 5.36. The Kier molecular flexibility index (Phi) is 1.03. The highest BCUT2D eigenvalue weighted by Gasteiger charge is 2.05. The lowest BCUT2D eigenvalue weighted by atomic mass is 10.5. The molecule has 0 saturated heterocycles. The molecule has 0 radical (unpaired) electrons. The van der Waals surface area contributed by atoms with Gasteiger partial charge in [-0.05, 0) is 6.92 Å². The summed E-state index contributed by atoms with van der Waals surface area (Å²) in [5.41, 5.74) is 4.03. The van der Waals surface area contributed by atoms with Crippen molar-refractivity contribution in [1.29, 1.82) is 0 Å². The molecule has 1 aliphatic heterocycles. The third kappa shape index (κ3) is 0.703. The van der Waals surface area contributed by atoms with Crippen molar-refractivity contribution >= 4 is 0 Å². The van der Waals surface area contributed by atoms with E-state index in [9.17, 15) is 0 Å². The van der Waals surface area contributed by atoms with Gasteiger partial charge in [-0.25, -0.2) is 5.06 Å². The normalized spacial score (nSPS) is 17.6. The third-order valence-electron chi connectivity index (χ3n) is 1.10. The lowest BCUT2D eigenvalue weighted by molar-refractivity contribution is -0.0505. The minimum Gasteiger partial charge on any atom is -0.376 e. The van der Waals surface area contributed by atoms with Crippen molar-refractivity contribution in [2.24, 2.45) is 0 Å². The van der Waals surface area contributed by atoms with E-state index in [0.717, 1.165) is 11.5 Å². The summed E-state index contributed by atoms with van der Waals surface area (Å²) in [6.07, 6.45) is 0. The van der Waals surface area contributed by atoms with E-state index < -0.39 is 0 Å². The van der Waals surface area contributed by atoms with Gasteiger partial charge in [0.2, 0.25) is 0 Å². The van der Waals surface area contributed by atoms with E-state index in [1.54, 1.807) is 5.06 Å². The predicted octanol–water partition coefficient (Wildman–Crippen LogP) is 1.27. The molecule has 0 aromatic carbocycles. The largest absolute Gasteiger partial charge is 0.376 e. The van der Waals surface area contributed by atoms with Crippen LogP contribution in [0.3, 0.4) is 0 Å². The molecular weight excluding hydrogens is 102 g/mol. The van der Waals surface area contributed by atoms with Gasteiger partial charge in [0.1, 0.15) is 0 Å². The van der Waals surface area contributed by atoms with Crippen molar-refractivity contribution < 1.29 is 4.84 Å². The van der Waals surface area contributed by atoms with Crippen LogP contribution in [0.4, 0.5) is 0 Å². The summed E-state index contributed by atoms with van der Waals surface area (Å²) >= 11 is 0. The van der Waals surface area contributed by atoms with E-state index in [-0.39, 0.29) is 0 Å². The second kappa shape index (κ2) is 1.57. The first-order valence-corrected chi connectivity index (χ1v) is 2.56. The van der Waals surface area contributed by atoms with Gasteiger partial charge in [0, 0.05) is 14.0 Å². The summed E-state index contributed by atoms with van der Waals surface area (Å²) in [5, 5.41) is 1.69. The predicted molar refractivity (Wildman–Crippen MR) is 30.7 cm³/mol. The molecule has 0 N–H and O–H groups in total. The lowest BCUT2D eigenvalue weighted by Crippen LogP contribution is -2.09. The smallest absolute Gasteiger partial charge is 0.173 e. The van der Waals surface area contributed by atoms with Crippen LogP contribution in [0, 0.1) is 0 Å². The average molecular weight is 111 g/mol. The molecule has 0 atom stereocenters. The van der Waals surface area contributed by atoms with Crippen LogP contribution in [0.1, 0.15) is 13.8 Å². The summed E-state index contributed by atoms with van der Waals surface area (Å²) in [7, 11) is 1.86. The molecule has 0 fully saturated rings.